The number of amides is 1. The highest BCUT2D eigenvalue weighted by Crippen LogP contribution is 2.47. The normalized spacial score (nSPS) is 14.3. The van der Waals surface area contributed by atoms with Gasteiger partial charge in [-0.15, -0.1) is 0 Å². The first-order chi connectivity index (χ1) is 13.6. The number of carbonyl (C=O) groups is 1. The molecule has 1 heterocycles. The van der Waals surface area contributed by atoms with E-state index in [1.54, 1.807) is 6.92 Å². The molecule has 0 spiro atoms. The number of benzene rings is 1. The van der Waals surface area contributed by atoms with Crippen molar-refractivity contribution in [3.05, 3.63) is 39.6 Å². The monoisotopic (exact) mass is 481 g/mol. The molecule has 1 saturated carbocycles. The Balaban J connectivity index is 1.67. The van der Waals surface area contributed by atoms with Gasteiger partial charge < -0.3 is 10.1 Å². The lowest BCUT2D eigenvalue weighted by molar-refractivity contribution is -0.142. The van der Waals surface area contributed by atoms with Crippen molar-refractivity contribution in [2.24, 2.45) is 0 Å². The van der Waals surface area contributed by atoms with Crippen LogP contribution in [0.25, 0.3) is 0 Å². The second-order valence-corrected chi connectivity index (χ2v) is 7.49. The summed E-state index contributed by atoms with van der Waals surface area (Å²) in [6.45, 7) is -1.36. The minimum Gasteiger partial charge on any atom is -0.435 e. The minimum atomic E-state index is -4.59. The van der Waals surface area contributed by atoms with E-state index in [1.807, 2.05) is 0 Å². The van der Waals surface area contributed by atoms with Crippen LogP contribution in [-0.2, 0) is 17.5 Å². The maximum Gasteiger partial charge on any atom is 0.436 e. The van der Waals surface area contributed by atoms with Crippen LogP contribution in [0.5, 0.6) is 5.75 Å². The van der Waals surface area contributed by atoms with Gasteiger partial charge in [-0.05, 0) is 59.5 Å². The molecule has 0 bridgehead atoms. The molecule has 0 unspecified atom stereocenters. The first-order valence-corrected chi connectivity index (χ1v) is 9.54. The highest BCUT2D eigenvalue weighted by Gasteiger charge is 2.41. The Labute approximate surface area is 171 Å². The first kappa shape index (κ1) is 21.5. The number of anilines is 1. The van der Waals surface area contributed by atoms with Crippen molar-refractivity contribution in [3.63, 3.8) is 0 Å². The number of hydrogen-bond donors (Lipinski definition) is 1. The van der Waals surface area contributed by atoms with Gasteiger partial charge in [-0.25, -0.2) is 0 Å². The predicted molar refractivity (Wildman–Crippen MR) is 98.0 cm³/mol. The molecule has 1 aliphatic rings. The lowest BCUT2D eigenvalue weighted by Gasteiger charge is -2.11. The van der Waals surface area contributed by atoms with Gasteiger partial charge in [0.15, 0.2) is 5.69 Å². The molecule has 29 heavy (non-hydrogen) atoms. The van der Waals surface area contributed by atoms with Gasteiger partial charge in [0, 0.05) is 18.0 Å². The third-order valence-corrected chi connectivity index (χ3v) is 5.19. The summed E-state index contributed by atoms with van der Waals surface area (Å²) in [4.78, 5) is 12.2. The fourth-order valence-corrected chi connectivity index (χ4v) is 3.76. The molecule has 11 heteroatoms. The van der Waals surface area contributed by atoms with E-state index in [0.717, 1.165) is 12.8 Å². The third-order valence-electron chi connectivity index (χ3n) is 4.41. The van der Waals surface area contributed by atoms with E-state index >= 15 is 0 Å². The van der Waals surface area contributed by atoms with Gasteiger partial charge in [-0.2, -0.15) is 27.1 Å². The second-order valence-electron chi connectivity index (χ2n) is 6.70. The predicted octanol–water partition coefficient (Wildman–Crippen LogP) is 5.48. The summed E-state index contributed by atoms with van der Waals surface area (Å²) >= 11 is 3.00. The van der Waals surface area contributed by atoms with E-state index in [0.29, 0.717) is 16.9 Å². The van der Waals surface area contributed by atoms with Crippen LogP contribution in [0.3, 0.4) is 0 Å². The smallest absolute Gasteiger partial charge is 0.435 e. The van der Waals surface area contributed by atoms with Crippen LogP contribution in [-0.4, -0.2) is 22.3 Å². The summed E-state index contributed by atoms with van der Waals surface area (Å²) in [6, 6.07) is 4.07. The van der Waals surface area contributed by atoms with Crippen LogP contribution in [0.4, 0.5) is 27.6 Å². The number of nitrogens with zero attached hydrogens (tertiary/aromatic N) is 2. The van der Waals surface area contributed by atoms with Crippen LogP contribution in [0.2, 0.25) is 0 Å². The molecule has 1 aromatic heterocycles. The van der Waals surface area contributed by atoms with E-state index in [9.17, 15) is 26.7 Å². The van der Waals surface area contributed by atoms with E-state index in [2.05, 4.69) is 31.1 Å². The number of nitrogens with one attached hydrogen (secondary N) is 1. The number of carbonyl (C=O) groups excluding carboxylic acids is 1. The Bertz CT molecular complexity index is 910. The van der Waals surface area contributed by atoms with E-state index in [4.69, 9.17) is 0 Å². The fourth-order valence-electron chi connectivity index (χ4n) is 2.92. The number of alkyl halides is 5. The van der Waals surface area contributed by atoms with Gasteiger partial charge in [0.2, 0.25) is 5.91 Å². The summed E-state index contributed by atoms with van der Waals surface area (Å²) in [5.74, 6) is -0.469. The molecule has 1 aliphatic carbocycles. The van der Waals surface area contributed by atoms with Gasteiger partial charge in [-0.3, -0.25) is 9.48 Å². The van der Waals surface area contributed by atoms with Crippen LogP contribution in [0, 0.1) is 6.92 Å². The van der Waals surface area contributed by atoms with Crippen molar-refractivity contribution in [2.75, 3.05) is 5.32 Å². The highest BCUT2D eigenvalue weighted by atomic mass is 79.9. The molecule has 0 saturated heterocycles. The maximum atomic E-state index is 13.1. The number of aromatic nitrogens is 2. The first-order valence-electron chi connectivity index (χ1n) is 8.75. The van der Waals surface area contributed by atoms with Crippen LogP contribution in [0.1, 0.15) is 42.1 Å². The van der Waals surface area contributed by atoms with Gasteiger partial charge in [0.1, 0.15) is 5.75 Å². The van der Waals surface area contributed by atoms with Crippen molar-refractivity contribution < 1.29 is 31.5 Å². The van der Waals surface area contributed by atoms with E-state index < -0.39 is 24.4 Å². The van der Waals surface area contributed by atoms with Crippen molar-refractivity contribution in [1.82, 2.24) is 9.78 Å². The van der Waals surface area contributed by atoms with Gasteiger partial charge >= 0.3 is 12.8 Å². The van der Waals surface area contributed by atoms with Crippen molar-refractivity contribution in [1.29, 1.82) is 0 Å². The van der Waals surface area contributed by atoms with Crippen molar-refractivity contribution in [2.45, 2.75) is 51.4 Å². The lowest BCUT2D eigenvalue weighted by atomic mass is 10.2. The van der Waals surface area contributed by atoms with E-state index in [1.165, 1.54) is 22.9 Å². The van der Waals surface area contributed by atoms with Crippen LogP contribution >= 0.6 is 15.9 Å². The zero-order valence-electron chi connectivity index (χ0n) is 15.2. The number of aryl methyl sites for hydroxylation is 2. The quantitative estimate of drug-likeness (QED) is 0.532. The molecule has 0 radical (unpaired) electrons. The summed E-state index contributed by atoms with van der Waals surface area (Å²) in [5, 5.41) is 6.28. The zero-order valence-corrected chi connectivity index (χ0v) is 16.8. The van der Waals surface area contributed by atoms with E-state index in [-0.39, 0.29) is 29.1 Å². The average molecular weight is 482 g/mol. The topological polar surface area (TPSA) is 56.1 Å². The molecule has 158 valence electrons. The van der Waals surface area contributed by atoms with Gasteiger partial charge in [0.25, 0.3) is 0 Å². The van der Waals surface area contributed by atoms with Gasteiger partial charge in [0.05, 0.1) is 16.7 Å². The lowest BCUT2D eigenvalue weighted by Crippen LogP contribution is -2.17. The molecular formula is C18H17BrF5N3O2. The van der Waals surface area contributed by atoms with Crippen LogP contribution < -0.4 is 10.1 Å². The summed E-state index contributed by atoms with van der Waals surface area (Å²) in [6.07, 6.45) is -3.13. The second kappa shape index (κ2) is 8.29. The SMILES string of the molecule is Cc1cc(OC(F)F)ccc1NC(=O)CCn1nc(C(F)(F)F)c(Br)c1C1CC1. The summed E-state index contributed by atoms with van der Waals surface area (Å²) in [5.41, 5.74) is 0.369. The minimum absolute atomic E-state index is 0.000611. The van der Waals surface area contributed by atoms with Crippen molar-refractivity contribution >= 4 is 27.5 Å². The number of rotatable bonds is 7. The largest absolute Gasteiger partial charge is 0.436 e. The molecule has 1 N–H and O–H groups in total. The molecule has 1 aromatic carbocycles. The van der Waals surface area contributed by atoms with Crippen LogP contribution in [0.15, 0.2) is 22.7 Å². The molecule has 3 rings (SSSR count). The standard InChI is InChI=1S/C18H17BrF5N3O2/c1-9-8-11(29-17(20)21)4-5-12(9)25-13(28)6-7-27-15(10-2-3-10)14(19)16(26-27)18(22,23)24/h4-5,8,10,17H,2-3,6-7H2,1H3,(H,25,28). The molecule has 0 aliphatic heterocycles. The number of hydrogen-bond acceptors (Lipinski definition) is 3. The maximum absolute atomic E-state index is 13.1. The Morgan fingerprint density at radius 2 is 2.07 bits per heavy atom. The molecule has 5 nitrogen and oxygen atoms in total. The third kappa shape index (κ3) is 5.26. The Hall–Kier alpha value is -2.17. The Kier molecular flexibility index (Phi) is 6.16. The van der Waals surface area contributed by atoms with Crippen molar-refractivity contribution in [3.8, 4) is 5.75 Å². The molecule has 0 atom stereocenters. The summed E-state index contributed by atoms with van der Waals surface area (Å²) < 4.78 is 69.3. The Morgan fingerprint density at radius 1 is 1.38 bits per heavy atom. The molecular weight excluding hydrogens is 465 g/mol. The molecule has 1 amide bonds. The number of ether oxygens (including phenoxy) is 1. The fraction of sp³-hybridized carbons (Fsp3) is 0.444. The molecule has 2 aromatic rings. The molecule has 1 fully saturated rings. The Morgan fingerprint density at radius 3 is 2.62 bits per heavy atom. The highest BCUT2D eigenvalue weighted by molar-refractivity contribution is 9.10. The zero-order chi connectivity index (χ0) is 21.3. The average Bonchev–Trinajstić information content (AvgIpc) is 3.37. The summed E-state index contributed by atoms with van der Waals surface area (Å²) in [7, 11) is 0. The number of halogens is 6. The van der Waals surface area contributed by atoms with Gasteiger partial charge in [-0.1, -0.05) is 0 Å².